The van der Waals surface area contributed by atoms with Gasteiger partial charge in [0.1, 0.15) is 5.82 Å². The van der Waals surface area contributed by atoms with Crippen molar-refractivity contribution in [2.24, 2.45) is 0 Å². The molecule has 2 heterocycles. The summed E-state index contributed by atoms with van der Waals surface area (Å²) >= 11 is 0. The molecule has 1 atom stereocenters. The Morgan fingerprint density at radius 3 is 2.62 bits per heavy atom. The molecule has 7 heteroatoms. The molecule has 1 amide bonds. The Bertz CT molecular complexity index is 761. The van der Waals surface area contributed by atoms with Crippen LogP contribution in [0.1, 0.15) is 37.7 Å². The first-order valence-corrected chi connectivity index (χ1v) is 9.73. The number of benzene rings is 1. The standard InChI is InChI=1S/C17H23FN2O3S/c1-13-6-7-14(11-15(13)18)24(22,23)20-10-4-9-17(12-20)8-3-5-16(21)19(17)2/h6-7,11H,3-5,8-10,12H2,1-2H3/t17-/m0/s1. The van der Waals surface area contributed by atoms with Crippen molar-refractivity contribution in [1.29, 1.82) is 0 Å². The maximum absolute atomic E-state index is 13.8. The van der Waals surface area contributed by atoms with Crippen molar-refractivity contribution in [3.8, 4) is 0 Å². The highest BCUT2D eigenvalue weighted by Gasteiger charge is 2.46. The van der Waals surface area contributed by atoms with Gasteiger partial charge in [-0.1, -0.05) is 6.07 Å². The number of aryl methyl sites for hydroxylation is 1. The maximum atomic E-state index is 13.8. The van der Waals surface area contributed by atoms with Gasteiger partial charge in [0.05, 0.1) is 10.4 Å². The molecule has 0 unspecified atom stereocenters. The van der Waals surface area contributed by atoms with Gasteiger partial charge >= 0.3 is 0 Å². The normalized spacial score (nSPS) is 26.1. The number of hydrogen-bond donors (Lipinski definition) is 0. The number of likely N-dealkylation sites (tertiary alicyclic amines) is 1. The minimum Gasteiger partial charge on any atom is -0.339 e. The zero-order valence-corrected chi connectivity index (χ0v) is 14.9. The summed E-state index contributed by atoms with van der Waals surface area (Å²) in [6.07, 6.45) is 3.63. The fraction of sp³-hybridized carbons (Fsp3) is 0.588. The zero-order chi connectivity index (χ0) is 17.5. The third kappa shape index (κ3) is 2.84. The Morgan fingerprint density at radius 2 is 1.92 bits per heavy atom. The van der Waals surface area contributed by atoms with Crippen molar-refractivity contribution in [3.05, 3.63) is 29.6 Å². The molecular weight excluding hydrogens is 331 g/mol. The molecule has 2 aliphatic heterocycles. The van der Waals surface area contributed by atoms with Crippen LogP contribution in [0, 0.1) is 12.7 Å². The summed E-state index contributed by atoms with van der Waals surface area (Å²) in [4.78, 5) is 13.8. The van der Waals surface area contributed by atoms with E-state index < -0.39 is 21.4 Å². The molecular formula is C17H23FN2O3S. The van der Waals surface area contributed by atoms with Gasteiger partial charge in [-0.05, 0) is 50.3 Å². The number of hydrogen-bond acceptors (Lipinski definition) is 3. The van der Waals surface area contributed by atoms with Crippen molar-refractivity contribution < 1.29 is 17.6 Å². The van der Waals surface area contributed by atoms with Gasteiger partial charge in [0.2, 0.25) is 15.9 Å². The summed E-state index contributed by atoms with van der Waals surface area (Å²) < 4.78 is 41.1. The van der Waals surface area contributed by atoms with E-state index in [1.165, 1.54) is 16.4 Å². The monoisotopic (exact) mass is 354 g/mol. The summed E-state index contributed by atoms with van der Waals surface area (Å²) in [6.45, 7) is 2.29. The van der Waals surface area contributed by atoms with Gasteiger partial charge in [-0.2, -0.15) is 4.31 Å². The highest BCUT2D eigenvalue weighted by atomic mass is 32.2. The molecule has 0 N–H and O–H groups in total. The fourth-order valence-corrected chi connectivity index (χ4v) is 5.38. The third-order valence-corrected chi connectivity index (χ3v) is 7.26. The number of sulfonamides is 1. The van der Waals surface area contributed by atoms with E-state index in [0.29, 0.717) is 24.9 Å². The Labute approximate surface area is 142 Å². The van der Waals surface area contributed by atoms with Crippen LogP contribution in [0.4, 0.5) is 4.39 Å². The molecule has 1 aromatic rings. The van der Waals surface area contributed by atoms with Gasteiger partial charge in [0.25, 0.3) is 0 Å². The second-order valence-corrected chi connectivity index (χ2v) is 8.82. The molecule has 1 aromatic carbocycles. The predicted octanol–water partition coefficient (Wildman–Crippen LogP) is 2.30. The van der Waals surface area contributed by atoms with Crippen molar-refractivity contribution in [3.63, 3.8) is 0 Å². The van der Waals surface area contributed by atoms with Crippen molar-refractivity contribution in [2.75, 3.05) is 20.1 Å². The zero-order valence-electron chi connectivity index (χ0n) is 14.1. The lowest BCUT2D eigenvalue weighted by atomic mass is 9.81. The van der Waals surface area contributed by atoms with Crippen LogP contribution < -0.4 is 0 Å². The SMILES string of the molecule is Cc1ccc(S(=O)(=O)N2CCC[C@@]3(CCCC(=O)N3C)C2)cc1F. The van der Waals surface area contributed by atoms with Gasteiger partial charge in [-0.25, -0.2) is 12.8 Å². The number of nitrogens with zero attached hydrogens (tertiary/aromatic N) is 2. The Kier molecular flexibility index (Phi) is 4.42. The smallest absolute Gasteiger partial charge is 0.243 e. The van der Waals surface area contributed by atoms with E-state index in [1.54, 1.807) is 18.9 Å². The lowest BCUT2D eigenvalue weighted by Crippen LogP contribution is -2.61. The van der Waals surface area contributed by atoms with Crippen molar-refractivity contribution >= 4 is 15.9 Å². The van der Waals surface area contributed by atoms with Crippen LogP contribution in [-0.4, -0.2) is 49.2 Å². The number of piperidine rings is 2. The highest BCUT2D eigenvalue weighted by molar-refractivity contribution is 7.89. The molecule has 24 heavy (non-hydrogen) atoms. The molecule has 1 spiro atoms. The number of rotatable bonds is 2. The van der Waals surface area contributed by atoms with Crippen molar-refractivity contribution in [1.82, 2.24) is 9.21 Å². The van der Waals surface area contributed by atoms with Gasteiger partial charge in [-0.15, -0.1) is 0 Å². The second kappa shape index (κ2) is 6.11. The molecule has 3 rings (SSSR count). The van der Waals surface area contributed by atoms with Crippen LogP contribution in [0.3, 0.4) is 0 Å². The molecule has 0 radical (unpaired) electrons. The van der Waals surface area contributed by atoms with E-state index in [1.807, 2.05) is 0 Å². The molecule has 2 saturated heterocycles. The predicted molar refractivity (Wildman–Crippen MR) is 88.5 cm³/mol. The number of amides is 1. The lowest BCUT2D eigenvalue weighted by Gasteiger charge is -2.50. The number of carbonyl (C=O) groups is 1. The first kappa shape index (κ1) is 17.4. The topological polar surface area (TPSA) is 57.7 Å². The summed E-state index contributed by atoms with van der Waals surface area (Å²) in [6, 6.07) is 4.02. The largest absolute Gasteiger partial charge is 0.339 e. The van der Waals surface area contributed by atoms with E-state index in [0.717, 1.165) is 25.3 Å². The van der Waals surface area contributed by atoms with Crippen LogP contribution in [0.2, 0.25) is 0 Å². The fourth-order valence-electron chi connectivity index (χ4n) is 3.81. The molecule has 2 fully saturated rings. The van der Waals surface area contributed by atoms with Crippen LogP contribution in [0.25, 0.3) is 0 Å². The summed E-state index contributed by atoms with van der Waals surface area (Å²) in [5.74, 6) is -0.449. The first-order chi connectivity index (χ1) is 11.3. The molecule has 132 valence electrons. The minimum absolute atomic E-state index is 0.0209. The molecule has 2 aliphatic rings. The number of likely N-dealkylation sites (N-methyl/N-ethyl adjacent to an activating group) is 1. The quantitative estimate of drug-likeness (QED) is 0.819. The first-order valence-electron chi connectivity index (χ1n) is 8.29. The summed E-state index contributed by atoms with van der Waals surface area (Å²) in [5.41, 5.74) is -0.00847. The second-order valence-electron chi connectivity index (χ2n) is 6.88. The van der Waals surface area contributed by atoms with E-state index in [9.17, 15) is 17.6 Å². The van der Waals surface area contributed by atoms with Crippen LogP contribution in [0.5, 0.6) is 0 Å². The number of halogens is 1. The van der Waals surface area contributed by atoms with E-state index in [4.69, 9.17) is 0 Å². The number of carbonyl (C=O) groups excluding carboxylic acids is 1. The van der Waals surface area contributed by atoms with Gasteiger partial charge in [-0.3, -0.25) is 4.79 Å². The Morgan fingerprint density at radius 1 is 1.21 bits per heavy atom. The van der Waals surface area contributed by atoms with Crippen LogP contribution >= 0.6 is 0 Å². The molecule has 0 aromatic heterocycles. The molecule has 0 saturated carbocycles. The summed E-state index contributed by atoms with van der Waals surface area (Å²) in [7, 11) is -2.00. The third-order valence-electron chi connectivity index (χ3n) is 5.42. The maximum Gasteiger partial charge on any atom is 0.243 e. The Balaban J connectivity index is 1.91. The van der Waals surface area contributed by atoms with Crippen LogP contribution in [-0.2, 0) is 14.8 Å². The molecule has 5 nitrogen and oxygen atoms in total. The van der Waals surface area contributed by atoms with E-state index in [2.05, 4.69) is 0 Å². The summed E-state index contributed by atoms with van der Waals surface area (Å²) in [5, 5.41) is 0. The van der Waals surface area contributed by atoms with Gasteiger partial charge in [0, 0.05) is 26.6 Å². The van der Waals surface area contributed by atoms with Crippen LogP contribution in [0.15, 0.2) is 23.1 Å². The van der Waals surface area contributed by atoms with Gasteiger partial charge < -0.3 is 4.90 Å². The minimum atomic E-state index is -3.76. The average Bonchev–Trinajstić information content (AvgIpc) is 2.55. The average molecular weight is 354 g/mol. The van der Waals surface area contributed by atoms with E-state index >= 15 is 0 Å². The molecule has 0 aliphatic carbocycles. The van der Waals surface area contributed by atoms with E-state index in [-0.39, 0.29) is 17.3 Å². The Hall–Kier alpha value is -1.47. The van der Waals surface area contributed by atoms with Gasteiger partial charge in [0.15, 0.2) is 0 Å². The molecule has 0 bridgehead atoms. The van der Waals surface area contributed by atoms with Crippen molar-refractivity contribution in [2.45, 2.75) is 49.5 Å². The highest BCUT2D eigenvalue weighted by Crippen LogP contribution is 2.37. The lowest BCUT2D eigenvalue weighted by molar-refractivity contribution is -0.141.